The maximum absolute atomic E-state index is 9.99. The van der Waals surface area contributed by atoms with E-state index in [0.717, 1.165) is 0 Å². The van der Waals surface area contributed by atoms with Crippen LogP contribution >= 0.6 is 0 Å². The van der Waals surface area contributed by atoms with Crippen LogP contribution in [0.15, 0.2) is 0 Å². The second-order valence-electron chi connectivity index (χ2n) is 2.00. The van der Waals surface area contributed by atoms with Crippen LogP contribution in [0.4, 0.5) is 0 Å². The number of aliphatic carboxylic acids is 2. The Balaban J connectivity index is 0. The molecule has 0 aliphatic heterocycles. The molecule has 0 rings (SSSR count). The van der Waals surface area contributed by atoms with E-state index < -0.39 is 18.0 Å². The predicted molar refractivity (Wildman–Crippen MR) is 42.9 cm³/mol. The summed E-state index contributed by atoms with van der Waals surface area (Å²) in [5, 5.41) is 27.5. The van der Waals surface area contributed by atoms with Gasteiger partial charge in [0.05, 0.1) is 6.01 Å². The maximum Gasteiger partial charge on any atom is 0.320 e. The van der Waals surface area contributed by atoms with E-state index in [4.69, 9.17) is 26.8 Å². The molecule has 7 heteroatoms. The summed E-state index contributed by atoms with van der Waals surface area (Å²) < 4.78 is 0. The molecule has 0 bridgehead atoms. The van der Waals surface area contributed by atoms with Crippen molar-refractivity contribution in [3.63, 3.8) is 0 Å². The highest BCUT2D eigenvalue weighted by Gasteiger charge is 2.12. The third-order valence-electron chi connectivity index (χ3n) is 0.986. The molecule has 0 amide bonds. The smallest absolute Gasteiger partial charge is 0.320 e. The van der Waals surface area contributed by atoms with Gasteiger partial charge in [-0.3, -0.25) is 9.59 Å². The lowest BCUT2D eigenvalue weighted by Gasteiger charge is -2.01. The van der Waals surface area contributed by atoms with Crippen molar-refractivity contribution in [1.82, 2.24) is 0 Å². The lowest BCUT2D eigenvalue weighted by atomic mass is 10.2. The van der Waals surface area contributed by atoms with Crippen LogP contribution < -0.4 is 5.73 Å². The van der Waals surface area contributed by atoms with Gasteiger partial charge >= 0.3 is 11.9 Å². The van der Waals surface area contributed by atoms with Gasteiger partial charge in [-0.05, 0) is 6.42 Å². The van der Waals surface area contributed by atoms with Gasteiger partial charge in [-0.2, -0.15) is 0 Å². The Kier molecular flexibility index (Phi) is 8.92. The fraction of sp³-hybridized carbons (Fsp3) is 0.500. The fourth-order valence-electron chi connectivity index (χ4n) is 0.402. The van der Waals surface area contributed by atoms with Gasteiger partial charge in [-0.1, -0.05) is 0 Å². The summed E-state index contributed by atoms with van der Waals surface area (Å²) >= 11 is 0. The van der Waals surface area contributed by atoms with Crippen molar-refractivity contribution >= 4 is 17.9 Å². The molecule has 13 heavy (non-hydrogen) atoms. The first-order chi connectivity index (χ1) is 5.95. The zero-order valence-electron chi connectivity index (χ0n) is 6.78. The van der Waals surface area contributed by atoms with Crippen LogP contribution in [0.1, 0.15) is 12.8 Å². The van der Waals surface area contributed by atoms with E-state index in [2.05, 4.69) is 0 Å². The Labute approximate surface area is 74.2 Å². The van der Waals surface area contributed by atoms with Gasteiger partial charge in [0.1, 0.15) is 6.04 Å². The number of hydrogen-bond donors (Lipinski definition) is 5. The molecule has 1 unspecified atom stereocenters. The molecule has 0 radical (unpaired) electrons. The SMILES string of the molecule is N=C=N.NC(CCC(=O)O)C(=O)O. The summed E-state index contributed by atoms with van der Waals surface area (Å²) in [6, 6.07) is 0.191. The van der Waals surface area contributed by atoms with Crippen molar-refractivity contribution in [1.29, 1.82) is 10.8 Å². The van der Waals surface area contributed by atoms with E-state index in [1.807, 2.05) is 0 Å². The minimum atomic E-state index is -1.17. The Morgan fingerprint density at radius 2 is 1.77 bits per heavy atom. The molecule has 0 aliphatic rings. The molecule has 0 saturated carbocycles. The first-order valence-electron chi connectivity index (χ1n) is 3.24. The standard InChI is InChI=1S/C5H9NO4.CH2N2/c6-3(5(9)10)1-2-4(7)8;2-1-3/h3H,1-2,6H2,(H,7,8)(H,9,10);2-3H. The number of carboxylic acids is 2. The van der Waals surface area contributed by atoms with Crippen molar-refractivity contribution in [2.24, 2.45) is 5.73 Å². The van der Waals surface area contributed by atoms with Crippen LogP contribution in [0.5, 0.6) is 0 Å². The van der Waals surface area contributed by atoms with E-state index in [1.165, 1.54) is 6.01 Å². The molecule has 74 valence electrons. The van der Waals surface area contributed by atoms with Crippen molar-refractivity contribution in [2.45, 2.75) is 18.9 Å². The molecule has 0 heterocycles. The highest BCUT2D eigenvalue weighted by Crippen LogP contribution is 1.93. The van der Waals surface area contributed by atoms with Gasteiger partial charge in [0.2, 0.25) is 0 Å². The van der Waals surface area contributed by atoms with Crippen LogP contribution in [0.2, 0.25) is 0 Å². The average molecular weight is 189 g/mol. The zero-order valence-corrected chi connectivity index (χ0v) is 6.78. The number of carbonyl (C=O) groups is 2. The Morgan fingerprint density at radius 3 is 2.00 bits per heavy atom. The van der Waals surface area contributed by atoms with Gasteiger partial charge in [-0.25, -0.2) is 10.8 Å². The number of nitrogens with one attached hydrogen (secondary N) is 2. The Morgan fingerprint density at radius 1 is 1.38 bits per heavy atom. The molecule has 0 aliphatic carbocycles. The monoisotopic (exact) mass is 189 g/mol. The molecule has 0 spiro atoms. The van der Waals surface area contributed by atoms with Crippen molar-refractivity contribution in [3.05, 3.63) is 0 Å². The van der Waals surface area contributed by atoms with Gasteiger partial charge in [0.25, 0.3) is 0 Å². The largest absolute Gasteiger partial charge is 0.481 e. The summed E-state index contributed by atoms with van der Waals surface area (Å²) in [4.78, 5) is 19.9. The molecule has 0 saturated heterocycles. The van der Waals surface area contributed by atoms with E-state index >= 15 is 0 Å². The number of rotatable bonds is 4. The number of nitrogens with two attached hydrogens (primary N) is 1. The lowest BCUT2D eigenvalue weighted by Crippen LogP contribution is -2.30. The molecule has 6 N–H and O–H groups in total. The fourth-order valence-corrected chi connectivity index (χ4v) is 0.402. The van der Waals surface area contributed by atoms with E-state index in [-0.39, 0.29) is 12.8 Å². The van der Waals surface area contributed by atoms with Crippen molar-refractivity contribution < 1.29 is 19.8 Å². The lowest BCUT2D eigenvalue weighted by molar-refractivity contribution is -0.139. The third-order valence-corrected chi connectivity index (χ3v) is 0.986. The summed E-state index contributed by atoms with van der Waals surface area (Å²) in [5.41, 5.74) is 5.00. The van der Waals surface area contributed by atoms with E-state index in [9.17, 15) is 9.59 Å². The van der Waals surface area contributed by atoms with Crippen LogP contribution in [0.3, 0.4) is 0 Å². The Bertz CT molecular complexity index is 210. The summed E-state index contributed by atoms with van der Waals surface area (Å²) in [6.07, 6.45) is -0.224. The molecule has 7 nitrogen and oxygen atoms in total. The van der Waals surface area contributed by atoms with Gasteiger partial charge in [0, 0.05) is 6.42 Å². The van der Waals surface area contributed by atoms with Gasteiger partial charge < -0.3 is 15.9 Å². The average Bonchev–Trinajstić information content (AvgIpc) is 2.01. The number of hydrogen-bond acceptors (Lipinski definition) is 5. The van der Waals surface area contributed by atoms with Crippen LogP contribution in [0, 0.1) is 10.8 Å². The highest BCUT2D eigenvalue weighted by atomic mass is 16.4. The summed E-state index contributed by atoms with van der Waals surface area (Å²) in [7, 11) is 0. The summed E-state index contributed by atoms with van der Waals surface area (Å²) in [5.74, 6) is -2.20. The number of carboxylic acid groups (broad SMARTS) is 2. The normalized spacial score (nSPS) is 10.2. The molecule has 1 atom stereocenters. The van der Waals surface area contributed by atoms with E-state index in [0.29, 0.717) is 0 Å². The first-order valence-corrected chi connectivity index (χ1v) is 3.24. The molecule has 0 aromatic heterocycles. The van der Waals surface area contributed by atoms with E-state index in [1.54, 1.807) is 0 Å². The summed E-state index contributed by atoms with van der Waals surface area (Å²) in [6.45, 7) is 0. The van der Waals surface area contributed by atoms with Gasteiger partial charge in [-0.15, -0.1) is 0 Å². The first kappa shape index (κ1) is 13.8. The van der Waals surface area contributed by atoms with Crippen molar-refractivity contribution in [3.8, 4) is 0 Å². The minimum absolute atomic E-state index is 0.0231. The third kappa shape index (κ3) is 13.3. The highest BCUT2D eigenvalue weighted by molar-refractivity contribution is 5.74. The second kappa shape index (κ2) is 8.38. The quantitative estimate of drug-likeness (QED) is 0.381. The zero-order chi connectivity index (χ0) is 10.9. The predicted octanol–water partition coefficient (Wildman–Crippen LogP) is -0.419. The molecule has 0 fully saturated rings. The van der Waals surface area contributed by atoms with Gasteiger partial charge in [0.15, 0.2) is 0 Å². The molecular formula is C6H11N3O4. The maximum atomic E-state index is 9.99. The molecule has 0 aromatic rings. The van der Waals surface area contributed by atoms with Crippen molar-refractivity contribution in [2.75, 3.05) is 0 Å². The van der Waals surface area contributed by atoms with Crippen LogP contribution in [0.25, 0.3) is 0 Å². The Hall–Kier alpha value is -1.72. The van der Waals surface area contributed by atoms with Crippen LogP contribution in [-0.2, 0) is 9.59 Å². The topological polar surface area (TPSA) is 148 Å². The molecule has 0 aromatic carbocycles. The molecular weight excluding hydrogens is 178 g/mol. The minimum Gasteiger partial charge on any atom is -0.481 e. The van der Waals surface area contributed by atoms with Crippen LogP contribution in [-0.4, -0.2) is 34.2 Å². The second-order valence-corrected chi connectivity index (χ2v) is 2.00.